The molecule has 1 aromatic carbocycles. The van der Waals surface area contributed by atoms with Crippen LogP contribution in [0.5, 0.6) is 0 Å². The first-order valence-electron chi connectivity index (χ1n) is 5.95. The fraction of sp³-hybridized carbons (Fsp3) is 0.154. The van der Waals surface area contributed by atoms with Gasteiger partial charge in [-0.15, -0.1) is 0 Å². The molecule has 2 heterocycles. The normalized spacial score (nSPS) is 10.8. The lowest BCUT2D eigenvalue weighted by Gasteiger charge is -2.03. The third kappa shape index (κ3) is 2.34. The number of aromatic nitrogens is 3. The zero-order chi connectivity index (χ0) is 13.2. The predicted molar refractivity (Wildman–Crippen MR) is 74.6 cm³/mol. The topological polar surface area (TPSA) is 59.3 Å². The second kappa shape index (κ2) is 4.81. The third-order valence-electron chi connectivity index (χ3n) is 2.84. The third-order valence-corrected chi connectivity index (χ3v) is 3.53. The standard InChI is InChI=1S/C13H12N4OS/c1-2-9-3-5-10(6-4-9)15-12(18)11-7-17-13(16-11)19-8-14-17/h3-8H,2H2,1H3,(H,15,18). The molecular weight excluding hydrogens is 260 g/mol. The van der Waals surface area contributed by atoms with Crippen molar-refractivity contribution in [2.75, 3.05) is 5.32 Å². The second-order valence-electron chi connectivity index (χ2n) is 4.10. The van der Waals surface area contributed by atoms with E-state index < -0.39 is 0 Å². The molecule has 96 valence electrons. The highest BCUT2D eigenvalue weighted by molar-refractivity contribution is 7.14. The molecule has 0 aliphatic rings. The molecule has 0 aliphatic carbocycles. The number of carbonyl (C=O) groups excluding carboxylic acids is 1. The van der Waals surface area contributed by atoms with Gasteiger partial charge in [0.1, 0.15) is 11.2 Å². The first kappa shape index (κ1) is 11.9. The molecule has 1 amide bonds. The first-order valence-corrected chi connectivity index (χ1v) is 6.83. The number of aryl methyl sites for hydroxylation is 1. The van der Waals surface area contributed by atoms with Gasteiger partial charge >= 0.3 is 0 Å². The maximum absolute atomic E-state index is 12.0. The fourth-order valence-electron chi connectivity index (χ4n) is 1.77. The summed E-state index contributed by atoms with van der Waals surface area (Å²) in [6.45, 7) is 2.10. The van der Waals surface area contributed by atoms with E-state index in [1.165, 1.54) is 16.9 Å². The van der Waals surface area contributed by atoms with Crippen molar-refractivity contribution in [3.63, 3.8) is 0 Å². The summed E-state index contributed by atoms with van der Waals surface area (Å²) in [6, 6.07) is 7.80. The van der Waals surface area contributed by atoms with Gasteiger partial charge in [0.05, 0.1) is 6.20 Å². The van der Waals surface area contributed by atoms with Gasteiger partial charge in [0.25, 0.3) is 5.91 Å². The zero-order valence-corrected chi connectivity index (χ0v) is 11.1. The average Bonchev–Trinajstić information content (AvgIpc) is 3.00. The number of fused-ring (bicyclic) bond motifs is 1. The molecule has 0 saturated heterocycles. The van der Waals surface area contributed by atoms with Crippen LogP contribution in [0.1, 0.15) is 23.0 Å². The van der Waals surface area contributed by atoms with Crippen molar-refractivity contribution in [2.24, 2.45) is 0 Å². The molecule has 2 aromatic heterocycles. The lowest BCUT2D eigenvalue weighted by atomic mass is 10.1. The van der Waals surface area contributed by atoms with Crippen LogP contribution in [0, 0.1) is 0 Å². The largest absolute Gasteiger partial charge is 0.321 e. The Morgan fingerprint density at radius 3 is 2.84 bits per heavy atom. The van der Waals surface area contributed by atoms with Crippen molar-refractivity contribution in [3.8, 4) is 0 Å². The SMILES string of the molecule is CCc1ccc(NC(=O)c2cn3ncsc3n2)cc1. The zero-order valence-electron chi connectivity index (χ0n) is 10.3. The van der Waals surface area contributed by atoms with E-state index in [0.29, 0.717) is 10.7 Å². The summed E-state index contributed by atoms with van der Waals surface area (Å²) in [7, 11) is 0. The van der Waals surface area contributed by atoms with E-state index in [0.717, 1.165) is 12.1 Å². The van der Waals surface area contributed by atoms with Crippen molar-refractivity contribution in [1.82, 2.24) is 14.6 Å². The van der Waals surface area contributed by atoms with Crippen LogP contribution in [-0.4, -0.2) is 20.5 Å². The van der Waals surface area contributed by atoms with Gasteiger partial charge in [-0.1, -0.05) is 30.4 Å². The number of nitrogens with one attached hydrogen (secondary N) is 1. The summed E-state index contributed by atoms with van der Waals surface area (Å²) in [4.78, 5) is 16.9. The van der Waals surface area contributed by atoms with Gasteiger partial charge < -0.3 is 5.32 Å². The Morgan fingerprint density at radius 1 is 1.37 bits per heavy atom. The Morgan fingerprint density at radius 2 is 2.16 bits per heavy atom. The van der Waals surface area contributed by atoms with E-state index in [4.69, 9.17) is 0 Å². The number of benzene rings is 1. The summed E-state index contributed by atoms with van der Waals surface area (Å²) in [6.07, 6.45) is 2.61. The summed E-state index contributed by atoms with van der Waals surface area (Å²) >= 11 is 1.40. The Balaban J connectivity index is 1.78. The van der Waals surface area contributed by atoms with Crippen LogP contribution in [0.25, 0.3) is 4.96 Å². The number of rotatable bonds is 3. The molecule has 0 radical (unpaired) electrons. The van der Waals surface area contributed by atoms with E-state index in [1.807, 2.05) is 24.3 Å². The van der Waals surface area contributed by atoms with Crippen molar-refractivity contribution in [1.29, 1.82) is 0 Å². The molecule has 0 fully saturated rings. The molecule has 0 saturated carbocycles. The first-order chi connectivity index (χ1) is 9.26. The van der Waals surface area contributed by atoms with E-state index in [-0.39, 0.29) is 5.91 Å². The highest BCUT2D eigenvalue weighted by atomic mass is 32.1. The number of hydrogen-bond acceptors (Lipinski definition) is 4. The molecule has 0 aliphatic heterocycles. The van der Waals surface area contributed by atoms with Crippen molar-refractivity contribution in [2.45, 2.75) is 13.3 Å². The van der Waals surface area contributed by atoms with E-state index in [1.54, 1.807) is 16.2 Å². The highest BCUT2D eigenvalue weighted by Crippen LogP contribution is 2.13. The molecule has 0 spiro atoms. The van der Waals surface area contributed by atoms with Crippen LogP contribution in [0.2, 0.25) is 0 Å². The number of imidazole rings is 1. The number of anilines is 1. The average molecular weight is 272 g/mol. The molecule has 3 aromatic rings. The molecule has 0 unspecified atom stereocenters. The van der Waals surface area contributed by atoms with Gasteiger partial charge in [0, 0.05) is 5.69 Å². The highest BCUT2D eigenvalue weighted by Gasteiger charge is 2.12. The van der Waals surface area contributed by atoms with Crippen LogP contribution in [-0.2, 0) is 6.42 Å². The van der Waals surface area contributed by atoms with Gasteiger partial charge in [-0.2, -0.15) is 5.10 Å². The van der Waals surface area contributed by atoms with E-state index in [2.05, 4.69) is 22.3 Å². The molecular formula is C13H12N4OS. The molecule has 6 heteroatoms. The minimum atomic E-state index is -0.220. The van der Waals surface area contributed by atoms with Gasteiger partial charge in [0.15, 0.2) is 0 Å². The lowest BCUT2D eigenvalue weighted by molar-refractivity contribution is 0.102. The summed E-state index contributed by atoms with van der Waals surface area (Å²) in [5.74, 6) is -0.220. The Bertz CT molecular complexity index is 685. The number of amides is 1. The molecule has 3 rings (SSSR count). The summed E-state index contributed by atoms with van der Waals surface area (Å²) in [5, 5.41) is 6.87. The van der Waals surface area contributed by atoms with Crippen LogP contribution in [0.4, 0.5) is 5.69 Å². The Labute approximate surface area is 113 Å². The number of nitrogens with zero attached hydrogens (tertiary/aromatic N) is 3. The molecule has 5 nitrogen and oxygen atoms in total. The summed E-state index contributed by atoms with van der Waals surface area (Å²) in [5.41, 5.74) is 4.07. The number of carbonyl (C=O) groups is 1. The lowest BCUT2D eigenvalue weighted by Crippen LogP contribution is -2.12. The molecule has 1 N–H and O–H groups in total. The summed E-state index contributed by atoms with van der Waals surface area (Å²) < 4.78 is 1.60. The Kier molecular flexibility index (Phi) is 3.00. The van der Waals surface area contributed by atoms with Gasteiger partial charge in [-0.25, -0.2) is 9.50 Å². The van der Waals surface area contributed by atoms with Crippen molar-refractivity contribution in [3.05, 3.63) is 47.2 Å². The Hall–Kier alpha value is -2.21. The maximum Gasteiger partial charge on any atom is 0.275 e. The molecule has 0 bridgehead atoms. The van der Waals surface area contributed by atoms with Crippen LogP contribution in [0.15, 0.2) is 36.0 Å². The van der Waals surface area contributed by atoms with Crippen molar-refractivity contribution < 1.29 is 4.79 Å². The maximum atomic E-state index is 12.0. The second-order valence-corrected chi connectivity index (χ2v) is 4.91. The van der Waals surface area contributed by atoms with Gasteiger partial charge in [-0.3, -0.25) is 4.79 Å². The predicted octanol–water partition coefficient (Wildman–Crippen LogP) is 2.61. The van der Waals surface area contributed by atoms with E-state index in [9.17, 15) is 4.79 Å². The fourth-order valence-corrected chi connectivity index (χ4v) is 2.37. The molecule has 0 atom stereocenters. The van der Waals surface area contributed by atoms with Crippen LogP contribution < -0.4 is 5.32 Å². The van der Waals surface area contributed by atoms with Gasteiger partial charge in [-0.05, 0) is 24.1 Å². The molecule has 19 heavy (non-hydrogen) atoms. The quantitative estimate of drug-likeness (QED) is 0.797. The van der Waals surface area contributed by atoms with Gasteiger partial charge in [0.2, 0.25) is 4.96 Å². The number of hydrogen-bond donors (Lipinski definition) is 1. The van der Waals surface area contributed by atoms with Crippen LogP contribution >= 0.6 is 11.3 Å². The van der Waals surface area contributed by atoms with Crippen molar-refractivity contribution >= 4 is 27.9 Å². The monoisotopic (exact) mass is 272 g/mol. The van der Waals surface area contributed by atoms with Crippen LogP contribution in [0.3, 0.4) is 0 Å². The minimum absolute atomic E-state index is 0.220. The minimum Gasteiger partial charge on any atom is -0.321 e. The van der Waals surface area contributed by atoms with E-state index >= 15 is 0 Å². The smallest absolute Gasteiger partial charge is 0.275 e.